The molecule has 0 bridgehead atoms. The van der Waals surface area contributed by atoms with Crippen LogP contribution in [0, 0.1) is 6.92 Å². The minimum Gasteiger partial charge on any atom is -0.359 e. The highest BCUT2D eigenvalue weighted by molar-refractivity contribution is 7.90. The van der Waals surface area contributed by atoms with Crippen molar-refractivity contribution in [1.82, 2.24) is 4.72 Å². The monoisotopic (exact) mass is 767 g/mol. The van der Waals surface area contributed by atoms with Crippen molar-refractivity contribution in [2.24, 2.45) is 4.40 Å². The molecular weight excluding hydrogens is 754 g/mol. The van der Waals surface area contributed by atoms with Gasteiger partial charge >= 0.3 is 0 Å². The largest absolute Gasteiger partial charge is 0.359 e. The summed E-state index contributed by atoms with van der Waals surface area (Å²) in [6.45, 7) is 1.83. The number of alkyl halides is 4. The predicted octanol–water partition coefficient (Wildman–Crippen LogP) is 8.27. The Balaban J connectivity index is 1.99. The molecule has 0 radical (unpaired) electrons. The first-order valence-electron chi connectivity index (χ1n) is 11.4. The van der Waals surface area contributed by atoms with E-state index in [1.807, 2.05) is 6.92 Å². The number of nitrogens with zero attached hydrogens (tertiary/aromatic N) is 1. The van der Waals surface area contributed by atoms with Crippen LogP contribution < -0.4 is 10.0 Å². The fraction of sp³-hybridized carbons (Fsp3) is 0.160. The molecule has 0 fully saturated rings. The van der Waals surface area contributed by atoms with Gasteiger partial charge in [0, 0.05) is 15.7 Å². The first-order chi connectivity index (χ1) is 19.3. The predicted molar refractivity (Wildman–Crippen MR) is 173 cm³/mol. The SMILES string of the molecule is Cc1ccc(NC2(NS(=O)(=O)c3ccc(Cl)cc3)C(Cl)=C(Cl)C(=NS(=O)(=O)c3ccc(Cl)cc3)C(Cl)(Cl)C2(Cl)Cl)cc1. The Bertz CT molecular complexity index is 1800. The highest BCUT2D eigenvalue weighted by atomic mass is 35.5. The van der Waals surface area contributed by atoms with E-state index < -0.39 is 50.2 Å². The van der Waals surface area contributed by atoms with Gasteiger partial charge in [-0.1, -0.05) is 111 Å². The standard InChI is InChI=1S/C25H17Cl8N3O4S2/c1-14-2-8-17(9-3-14)34-24(36-42(39,40)19-12-6-16(27)7-13-19)21(29)20(28)22(23(30,31)25(24,32)33)35-41(37,38)18-10-4-15(26)5-11-18/h2-13,34,36H,1H3. The van der Waals surface area contributed by atoms with Crippen molar-refractivity contribution in [1.29, 1.82) is 0 Å². The van der Waals surface area contributed by atoms with Gasteiger partial charge in [-0.15, -0.1) is 0 Å². The zero-order valence-corrected chi connectivity index (χ0v) is 28.5. The van der Waals surface area contributed by atoms with Gasteiger partial charge in [-0.25, -0.2) is 8.42 Å². The molecule has 0 aliphatic heterocycles. The molecule has 7 nitrogen and oxygen atoms in total. The molecule has 4 rings (SSSR count). The second-order valence-corrected chi connectivity index (χ2v) is 16.5. The van der Waals surface area contributed by atoms with Crippen molar-refractivity contribution >= 4 is 124 Å². The van der Waals surface area contributed by atoms with Crippen LogP contribution >= 0.6 is 92.8 Å². The molecule has 0 saturated heterocycles. The molecule has 1 unspecified atom stereocenters. The van der Waals surface area contributed by atoms with Crippen molar-refractivity contribution < 1.29 is 16.8 Å². The molecule has 3 aromatic rings. The molecule has 42 heavy (non-hydrogen) atoms. The number of rotatable bonds is 7. The van der Waals surface area contributed by atoms with E-state index >= 15 is 0 Å². The van der Waals surface area contributed by atoms with E-state index in [1.54, 1.807) is 24.3 Å². The average molecular weight is 771 g/mol. The Morgan fingerprint density at radius 3 is 1.67 bits per heavy atom. The van der Waals surface area contributed by atoms with E-state index in [9.17, 15) is 16.8 Å². The summed E-state index contributed by atoms with van der Waals surface area (Å²) in [5.74, 6) is 0. The molecule has 0 saturated carbocycles. The zero-order chi connectivity index (χ0) is 31.3. The van der Waals surface area contributed by atoms with Gasteiger partial charge in [-0.05, 0) is 67.6 Å². The summed E-state index contributed by atoms with van der Waals surface area (Å²) in [5.41, 5.74) is -2.14. The molecule has 1 atom stereocenters. The Labute approximate surface area is 282 Å². The molecule has 2 N–H and O–H groups in total. The van der Waals surface area contributed by atoms with Gasteiger partial charge in [0.15, 0.2) is 14.3 Å². The van der Waals surface area contributed by atoms with Crippen LogP contribution in [0.2, 0.25) is 10.0 Å². The lowest BCUT2D eigenvalue weighted by atomic mass is 9.91. The molecule has 1 aliphatic carbocycles. The number of sulfonamides is 2. The Morgan fingerprint density at radius 1 is 0.690 bits per heavy atom. The first-order valence-corrected chi connectivity index (χ1v) is 17.4. The Morgan fingerprint density at radius 2 is 1.17 bits per heavy atom. The number of allylic oxidation sites excluding steroid dienone is 1. The van der Waals surface area contributed by atoms with Gasteiger partial charge in [0.25, 0.3) is 10.0 Å². The van der Waals surface area contributed by atoms with E-state index in [0.717, 1.165) is 5.56 Å². The molecular formula is C25H17Cl8N3O4S2. The molecule has 0 heterocycles. The molecule has 0 amide bonds. The third-order valence-corrected chi connectivity index (χ3v) is 12.7. The number of anilines is 1. The highest BCUT2D eigenvalue weighted by Crippen LogP contribution is 2.59. The highest BCUT2D eigenvalue weighted by Gasteiger charge is 2.71. The molecule has 224 valence electrons. The lowest BCUT2D eigenvalue weighted by Gasteiger charge is -2.51. The van der Waals surface area contributed by atoms with Crippen LogP contribution in [0.25, 0.3) is 0 Å². The fourth-order valence-electron chi connectivity index (χ4n) is 3.80. The number of hydrogen-bond acceptors (Lipinski definition) is 5. The third-order valence-electron chi connectivity index (χ3n) is 6.01. The van der Waals surface area contributed by atoms with Gasteiger partial charge in [-0.3, -0.25) is 0 Å². The van der Waals surface area contributed by atoms with Crippen LogP contribution in [-0.2, 0) is 20.0 Å². The van der Waals surface area contributed by atoms with Crippen LogP contribution in [0.5, 0.6) is 0 Å². The minimum absolute atomic E-state index is 0.256. The zero-order valence-electron chi connectivity index (χ0n) is 20.8. The van der Waals surface area contributed by atoms with Crippen LogP contribution in [0.15, 0.2) is 97.0 Å². The molecule has 17 heteroatoms. The smallest absolute Gasteiger partial charge is 0.282 e. The van der Waals surface area contributed by atoms with E-state index in [2.05, 4.69) is 14.4 Å². The van der Waals surface area contributed by atoms with Crippen LogP contribution in [0.4, 0.5) is 5.69 Å². The van der Waals surface area contributed by atoms with E-state index in [1.165, 1.54) is 48.5 Å². The average Bonchev–Trinajstić information content (AvgIpc) is 2.91. The normalized spacial score (nSPS) is 21.4. The summed E-state index contributed by atoms with van der Waals surface area (Å²) < 4.78 is 54.3. The van der Waals surface area contributed by atoms with E-state index in [-0.39, 0.29) is 25.5 Å². The van der Waals surface area contributed by atoms with Crippen LogP contribution in [0.3, 0.4) is 0 Å². The van der Waals surface area contributed by atoms with Crippen molar-refractivity contribution in [2.45, 2.75) is 31.0 Å². The van der Waals surface area contributed by atoms with Crippen LogP contribution in [-0.4, -0.2) is 36.9 Å². The molecule has 3 aromatic carbocycles. The molecule has 0 spiro atoms. The Kier molecular flexibility index (Phi) is 9.77. The number of nitrogens with one attached hydrogen (secondary N) is 2. The topological polar surface area (TPSA) is 105 Å². The van der Waals surface area contributed by atoms with Crippen molar-refractivity contribution in [3.63, 3.8) is 0 Å². The first kappa shape index (κ1) is 33.9. The van der Waals surface area contributed by atoms with Crippen molar-refractivity contribution in [3.05, 3.63) is 98.5 Å². The summed E-state index contributed by atoms with van der Waals surface area (Å²) in [7, 11) is -9.09. The summed E-state index contributed by atoms with van der Waals surface area (Å²) in [4.78, 5) is -0.557. The van der Waals surface area contributed by atoms with Crippen LogP contribution in [0.1, 0.15) is 5.56 Å². The number of benzene rings is 3. The maximum absolute atomic E-state index is 13.7. The van der Waals surface area contributed by atoms with Gasteiger partial charge < -0.3 is 5.32 Å². The second kappa shape index (κ2) is 12.1. The van der Waals surface area contributed by atoms with Gasteiger partial charge in [0.2, 0.25) is 10.0 Å². The maximum Gasteiger partial charge on any atom is 0.282 e. The molecule has 0 aromatic heterocycles. The van der Waals surface area contributed by atoms with Gasteiger partial charge in [-0.2, -0.15) is 17.5 Å². The number of hydrogen-bond donors (Lipinski definition) is 2. The number of halogens is 8. The maximum atomic E-state index is 13.7. The third kappa shape index (κ3) is 6.26. The van der Waals surface area contributed by atoms with Crippen molar-refractivity contribution in [2.75, 3.05) is 5.32 Å². The van der Waals surface area contributed by atoms with Gasteiger partial charge in [0.1, 0.15) is 5.71 Å². The lowest BCUT2D eigenvalue weighted by Crippen LogP contribution is -2.73. The quantitative estimate of drug-likeness (QED) is 0.186. The van der Waals surface area contributed by atoms with E-state index in [0.29, 0.717) is 0 Å². The fourth-order valence-corrected chi connectivity index (χ4v) is 8.71. The number of aryl methyl sites for hydroxylation is 1. The summed E-state index contributed by atoms with van der Waals surface area (Å²) >= 11 is 52.2. The molecule has 1 aliphatic rings. The van der Waals surface area contributed by atoms with E-state index in [4.69, 9.17) is 92.8 Å². The summed E-state index contributed by atoms with van der Waals surface area (Å²) in [6.07, 6.45) is 0. The van der Waals surface area contributed by atoms with Crippen molar-refractivity contribution in [3.8, 4) is 0 Å². The van der Waals surface area contributed by atoms with Gasteiger partial charge in [0.05, 0.1) is 19.9 Å². The second-order valence-electron chi connectivity index (χ2n) is 8.95. The summed E-state index contributed by atoms with van der Waals surface area (Å²) in [5, 5.41) is 2.14. The Hall–Kier alpha value is -0.950. The minimum atomic E-state index is -4.55. The lowest BCUT2D eigenvalue weighted by molar-refractivity contribution is 0.442. The summed E-state index contributed by atoms with van der Waals surface area (Å²) in [6, 6.07) is 16.7.